The van der Waals surface area contributed by atoms with E-state index in [1.54, 1.807) is 5.57 Å². The van der Waals surface area contributed by atoms with Crippen molar-refractivity contribution in [1.29, 1.82) is 5.41 Å². The Hall–Kier alpha value is -1.18. The van der Waals surface area contributed by atoms with Crippen molar-refractivity contribution in [3.8, 4) is 0 Å². The van der Waals surface area contributed by atoms with Crippen LogP contribution >= 0.6 is 0 Å². The molecule has 132 valence electrons. The summed E-state index contributed by atoms with van der Waals surface area (Å²) in [7, 11) is 0. The zero-order valence-corrected chi connectivity index (χ0v) is 15.9. The SMILES string of the molecule is CC1CCC2(C)C(=N)CCCC2/C1=C/CC1=CC(=O)CCC1(C)C. The zero-order chi connectivity index (χ0) is 17.5. The third kappa shape index (κ3) is 3.05. The molecule has 0 bridgehead atoms. The van der Waals surface area contributed by atoms with Gasteiger partial charge in [0.25, 0.3) is 0 Å². The predicted molar refractivity (Wildman–Crippen MR) is 100 cm³/mol. The lowest BCUT2D eigenvalue weighted by molar-refractivity contribution is -0.115. The van der Waals surface area contributed by atoms with E-state index in [0.717, 1.165) is 31.4 Å². The fourth-order valence-corrected chi connectivity index (χ4v) is 5.15. The highest BCUT2D eigenvalue weighted by atomic mass is 16.1. The van der Waals surface area contributed by atoms with Crippen LogP contribution in [0.2, 0.25) is 0 Å². The van der Waals surface area contributed by atoms with Crippen LogP contribution in [0.25, 0.3) is 0 Å². The van der Waals surface area contributed by atoms with Crippen molar-refractivity contribution in [3.05, 3.63) is 23.3 Å². The van der Waals surface area contributed by atoms with Crippen LogP contribution in [0.4, 0.5) is 0 Å². The second-order valence-corrected chi connectivity index (χ2v) is 9.21. The van der Waals surface area contributed by atoms with Crippen LogP contribution in [-0.2, 0) is 4.79 Å². The molecule has 0 heterocycles. The normalized spacial score (nSPS) is 38.0. The van der Waals surface area contributed by atoms with Gasteiger partial charge < -0.3 is 5.41 Å². The first-order chi connectivity index (χ1) is 11.2. The van der Waals surface area contributed by atoms with E-state index in [4.69, 9.17) is 5.41 Å². The molecule has 0 amide bonds. The standard InChI is InChI=1S/C22H33NO/c1-15-10-13-22(4)19(6-5-7-20(22)23)18(15)9-8-16-14-17(24)11-12-21(16,2)3/h9,14-15,19,23H,5-8,10-13H2,1-4H3/b18-9+,23-20?. The number of hydrogen-bond donors (Lipinski definition) is 1. The number of carbonyl (C=O) groups excluding carboxylic acids is 1. The molecule has 0 radical (unpaired) electrons. The van der Waals surface area contributed by atoms with Gasteiger partial charge >= 0.3 is 0 Å². The molecule has 0 aromatic heterocycles. The minimum atomic E-state index is 0.0862. The molecular weight excluding hydrogens is 294 g/mol. The lowest BCUT2D eigenvalue weighted by Gasteiger charge is -2.49. The minimum Gasteiger partial charge on any atom is -0.309 e. The maximum absolute atomic E-state index is 11.9. The molecule has 0 saturated heterocycles. The number of hydrogen-bond acceptors (Lipinski definition) is 2. The predicted octanol–water partition coefficient (Wildman–Crippen LogP) is 5.87. The van der Waals surface area contributed by atoms with Gasteiger partial charge in [-0.25, -0.2) is 0 Å². The fraction of sp³-hybridized carbons (Fsp3) is 0.727. The molecule has 0 aromatic carbocycles. The molecule has 3 aliphatic carbocycles. The molecule has 3 unspecified atom stereocenters. The molecule has 0 aromatic rings. The smallest absolute Gasteiger partial charge is 0.155 e. The van der Waals surface area contributed by atoms with Crippen LogP contribution in [0.5, 0.6) is 0 Å². The van der Waals surface area contributed by atoms with Gasteiger partial charge in [-0.1, -0.05) is 44.9 Å². The molecule has 3 atom stereocenters. The highest BCUT2D eigenvalue weighted by molar-refractivity contribution is 5.91. The molecule has 1 N–H and O–H groups in total. The number of nitrogens with one attached hydrogen (secondary N) is 1. The summed E-state index contributed by atoms with van der Waals surface area (Å²) in [5, 5.41) is 8.50. The highest BCUT2D eigenvalue weighted by Crippen LogP contribution is 2.53. The quantitative estimate of drug-likeness (QED) is 0.633. The van der Waals surface area contributed by atoms with E-state index < -0.39 is 0 Å². The van der Waals surface area contributed by atoms with Gasteiger partial charge in [-0.15, -0.1) is 0 Å². The Balaban J connectivity index is 1.87. The van der Waals surface area contributed by atoms with Crippen molar-refractivity contribution in [3.63, 3.8) is 0 Å². The van der Waals surface area contributed by atoms with Crippen LogP contribution in [-0.4, -0.2) is 11.5 Å². The summed E-state index contributed by atoms with van der Waals surface area (Å²) in [5.74, 6) is 1.46. The van der Waals surface area contributed by atoms with Crippen LogP contribution in [0.1, 0.15) is 79.1 Å². The molecule has 2 nitrogen and oxygen atoms in total. The van der Waals surface area contributed by atoms with Gasteiger partial charge in [0.15, 0.2) is 5.78 Å². The summed E-state index contributed by atoms with van der Waals surface area (Å²) in [4.78, 5) is 11.9. The van der Waals surface area contributed by atoms with E-state index in [9.17, 15) is 4.79 Å². The first kappa shape index (κ1) is 17.6. The number of fused-ring (bicyclic) bond motifs is 1. The first-order valence-electron chi connectivity index (χ1n) is 9.76. The van der Waals surface area contributed by atoms with Gasteiger partial charge in [0, 0.05) is 17.5 Å². The maximum atomic E-state index is 11.9. The van der Waals surface area contributed by atoms with E-state index in [-0.39, 0.29) is 10.8 Å². The topological polar surface area (TPSA) is 40.9 Å². The zero-order valence-electron chi connectivity index (χ0n) is 15.9. The van der Waals surface area contributed by atoms with Crippen molar-refractivity contribution in [1.82, 2.24) is 0 Å². The second-order valence-electron chi connectivity index (χ2n) is 9.21. The second kappa shape index (κ2) is 6.28. The summed E-state index contributed by atoms with van der Waals surface area (Å²) in [6, 6.07) is 0. The third-order valence-corrected chi connectivity index (χ3v) is 7.20. The summed E-state index contributed by atoms with van der Waals surface area (Å²) in [6.45, 7) is 9.23. The minimum absolute atomic E-state index is 0.0862. The fourth-order valence-electron chi connectivity index (χ4n) is 5.15. The molecule has 2 saturated carbocycles. The average molecular weight is 328 g/mol. The Morgan fingerprint density at radius 2 is 1.96 bits per heavy atom. The Kier molecular flexibility index (Phi) is 4.61. The van der Waals surface area contributed by atoms with E-state index in [2.05, 4.69) is 33.8 Å². The number of rotatable bonds is 2. The van der Waals surface area contributed by atoms with Crippen LogP contribution in [0, 0.1) is 28.1 Å². The molecule has 2 fully saturated rings. The maximum Gasteiger partial charge on any atom is 0.155 e. The number of allylic oxidation sites excluding steroid dienone is 4. The van der Waals surface area contributed by atoms with E-state index in [1.165, 1.54) is 24.8 Å². The van der Waals surface area contributed by atoms with Crippen molar-refractivity contribution in [2.75, 3.05) is 0 Å². The van der Waals surface area contributed by atoms with Gasteiger partial charge in [-0.2, -0.15) is 0 Å². The van der Waals surface area contributed by atoms with Gasteiger partial charge in [0.05, 0.1) is 0 Å². The highest BCUT2D eigenvalue weighted by Gasteiger charge is 2.46. The molecular formula is C22H33NO. The summed E-state index contributed by atoms with van der Waals surface area (Å²) in [5.41, 5.74) is 4.08. The number of ketones is 1. The lowest BCUT2D eigenvalue weighted by atomic mass is 9.55. The van der Waals surface area contributed by atoms with Gasteiger partial charge in [0.2, 0.25) is 0 Å². The lowest BCUT2D eigenvalue weighted by Crippen LogP contribution is -2.44. The summed E-state index contributed by atoms with van der Waals surface area (Å²) >= 11 is 0. The summed E-state index contributed by atoms with van der Waals surface area (Å²) in [6.07, 6.45) is 12.7. The Labute approximate surface area is 147 Å². The average Bonchev–Trinajstić information content (AvgIpc) is 2.52. The Morgan fingerprint density at radius 3 is 2.71 bits per heavy atom. The molecule has 2 heteroatoms. The monoisotopic (exact) mass is 327 g/mol. The van der Waals surface area contributed by atoms with Crippen LogP contribution in [0.3, 0.4) is 0 Å². The van der Waals surface area contributed by atoms with Gasteiger partial charge in [-0.05, 0) is 68.3 Å². The van der Waals surface area contributed by atoms with E-state index in [0.29, 0.717) is 24.0 Å². The van der Waals surface area contributed by atoms with Gasteiger partial charge in [-0.3, -0.25) is 4.79 Å². The molecule has 3 aliphatic rings. The van der Waals surface area contributed by atoms with E-state index in [1.807, 2.05) is 6.08 Å². The van der Waals surface area contributed by atoms with Crippen molar-refractivity contribution >= 4 is 11.5 Å². The number of carbonyl (C=O) groups is 1. The molecule has 3 rings (SSSR count). The van der Waals surface area contributed by atoms with Crippen molar-refractivity contribution in [2.24, 2.45) is 22.7 Å². The van der Waals surface area contributed by atoms with Crippen molar-refractivity contribution < 1.29 is 4.79 Å². The van der Waals surface area contributed by atoms with Crippen molar-refractivity contribution in [2.45, 2.75) is 79.1 Å². The first-order valence-corrected chi connectivity index (χ1v) is 9.76. The Bertz CT molecular complexity index is 609. The summed E-state index contributed by atoms with van der Waals surface area (Å²) < 4.78 is 0. The van der Waals surface area contributed by atoms with E-state index >= 15 is 0 Å². The van der Waals surface area contributed by atoms with Crippen LogP contribution < -0.4 is 0 Å². The molecule has 0 aliphatic heterocycles. The molecule has 0 spiro atoms. The van der Waals surface area contributed by atoms with Crippen LogP contribution in [0.15, 0.2) is 23.3 Å². The Morgan fingerprint density at radius 1 is 1.21 bits per heavy atom. The largest absolute Gasteiger partial charge is 0.309 e. The molecule has 24 heavy (non-hydrogen) atoms. The third-order valence-electron chi connectivity index (χ3n) is 7.20. The van der Waals surface area contributed by atoms with Gasteiger partial charge in [0.1, 0.15) is 0 Å².